The van der Waals surface area contributed by atoms with E-state index >= 15 is 0 Å². The minimum Gasteiger partial charge on any atom is -0.466 e. The highest BCUT2D eigenvalue weighted by molar-refractivity contribution is 5.76. The van der Waals surface area contributed by atoms with Gasteiger partial charge in [0.25, 0.3) is 0 Å². The minimum atomic E-state index is -0.671. The SMILES string of the molecule is CCCCCCCCC/C=C\CCCCCCCCCC(=O)OCCCCCCCCCCCC/C=C\CCCCCCCCCC(=O)NC(CO)C(O)CCCCCCCCCCCCCCCCCCCCCCCC. The molecule has 0 heterocycles. The molecule has 2 atom stereocenters. The maximum absolute atomic E-state index is 12.5. The lowest BCUT2D eigenvalue weighted by atomic mass is 10.0. The van der Waals surface area contributed by atoms with E-state index in [9.17, 15) is 19.8 Å². The van der Waals surface area contributed by atoms with Crippen LogP contribution in [0, 0.1) is 0 Å². The van der Waals surface area contributed by atoms with Gasteiger partial charge in [0.1, 0.15) is 0 Å². The molecule has 0 radical (unpaired) electrons. The number of ether oxygens (including phenoxy) is 1. The number of nitrogens with one attached hydrogen (secondary N) is 1. The zero-order valence-electron chi connectivity index (χ0n) is 52.9. The molecule has 3 N–H and O–H groups in total. The molecule has 0 spiro atoms. The van der Waals surface area contributed by atoms with Crippen LogP contribution in [-0.4, -0.2) is 47.4 Å². The van der Waals surface area contributed by atoms with Gasteiger partial charge < -0.3 is 20.3 Å². The van der Waals surface area contributed by atoms with Crippen LogP contribution in [0.15, 0.2) is 24.3 Å². The molecule has 0 aromatic rings. The maximum Gasteiger partial charge on any atom is 0.305 e. The van der Waals surface area contributed by atoms with Gasteiger partial charge in [0.05, 0.1) is 25.4 Å². The first-order chi connectivity index (χ1) is 38.5. The summed E-state index contributed by atoms with van der Waals surface area (Å²) in [5.41, 5.74) is 0. The van der Waals surface area contributed by atoms with Crippen LogP contribution in [-0.2, 0) is 14.3 Å². The second-order valence-electron chi connectivity index (χ2n) is 24.6. The first kappa shape index (κ1) is 76.3. The Morgan fingerprint density at radius 2 is 0.603 bits per heavy atom. The van der Waals surface area contributed by atoms with E-state index in [0.717, 1.165) is 44.9 Å². The van der Waals surface area contributed by atoms with Gasteiger partial charge in [0.2, 0.25) is 5.91 Å². The van der Waals surface area contributed by atoms with Crippen molar-refractivity contribution < 1.29 is 24.5 Å². The zero-order valence-corrected chi connectivity index (χ0v) is 52.9. The third kappa shape index (κ3) is 63.5. The Kier molecular flexibility index (Phi) is 66.4. The largest absolute Gasteiger partial charge is 0.466 e. The first-order valence-corrected chi connectivity index (χ1v) is 35.6. The fraction of sp³-hybridized carbons (Fsp3) is 0.917. The molecular formula is C72H139NO5. The fourth-order valence-corrected chi connectivity index (χ4v) is 11.3. The lowest BCUT2D eigenvalue weighted by Gasteiger charge is -2.22. The molecule has 0 aliphatic rings. The van der Waals surface area contributed by atoms with Crippen molar-refractivity contribution in [3.05, 3.63) is 24.3 Å². The minimum absolute atomic E-state index is 0.00640. The summed E-state index contributed by atoms with van der Waals surface area (Å²) >= 11 is 0. The highest BCUT2D eigenvalue weighted by atomic mass is 16.5. The van der Waals surface area contributed by atoms with Gasteiger partial charge >= 0.3 is 5.97 Å². The van der Waals surface area contributed by atoms with Crippen LogP contribution in [0.1, 0.15) is 399 Å². The molecule has 0 aliphatic carbocycles. The number of carbonyl (C=O) groups excluding carboxylic acids is 2. The van der Waals surface area contributed by atoms with Gasteiger partial charge in [-0.25, -0.2) is 0 Å². The van der Waals surface area contributed by atoms with Crippen molar-refractivity contribution in [2.24, 2.45) is 0 Å². The lowest BCUT2D eigenvalue weighted by Crippen LogP contribution is -2.45. The van der Waals surface area contributed by atoms with E-state index in [1.807, 2.05) is 0 Å². The van der Waals surface area contributed by atoms with Gasteiger partial charge in [0.15, 0.2) is 0 Å². The summed E-state index contributed by atoms with van der Waals surface area (Å²) in [6.07, 6.45) is 85.0. The highest BCUT2D eigenvalue weighted by Gasteiger charge is 2.20. The Balaban J connectivity index is 3.41. The molecule has 0 saturated carbocycles. The second-order valence-corrected chi connectivity index (χ2v) is 24.6. The molecule has 0 aromatic carbocycles. The normalized spacial score (nSPS) is 12.6. The van der Waals surface area contributed by atoms with Crippen LogP contribution in [0.2, 0.25) is 0 Å². The smallest absolute Gasteiger partial charge is 0.305 e. The van der Waals surface area contributed by atoms with Gasteiger partial charge in [-0.15, -0.1) is 0 Å². The molecule has 6 nitrogen and oxygen atoms in total. The number of allylic oxidation sites excluding steroid dienone is 4. The molecule has 6 heteroatoms. The van der Waals surface area contributed by atoms with Crippen molar-refractivity contribution >= 4 is 11.9 Å². The summed E-state index contributed by atoms with van der Waals surface area (Å²) < 4.78 is 5.50. The summed E-state index contributed by atoms with van der Waals surface area (Å²) in [6, 6.07) is -0.548. The summed E-state index contributed by atoms with van der Waals surface area (Å²) in [6.45, 7) is 4.98. The fourth-order valence-electron chi connectivity index (χ4n) is 11.3. The Morgan fingerprint density at radius 1 is 0.346 bits per heavy atom. The molecule has 0 fully saturated rings. The quantitative estimate of drug-likeness (QED) is 0.0320. The van der Waals surface area contributed by atoms with E-state index in [-0.39, 0.29) is 18.5 Å². The van der Waals surface area contributed by atoms with E-state index in [0.29, 0.717) is 25.9 Å². The van der Waals surface area contributed by atoms with Crippen LogP contribution < -0.4 is 5.32 Å². The van der Waals surface area contributed by atoms with Gasteiger partial charge in [-0.3, -0.25) is 9.59 Å². The van der Waals surface area contributed by atoms with E-state index in [2.05, 4.69) is 43.5 Å². The van der Waals surface area contributed by atoms with Crippen molar-refractivity contribution in [1.82, 2.24) is 5.32 Å². The van der Waals surface area contributed by atoms with Crippen LogP contribution >= 0.6 is 0 Å². The van der Waals surface area contributed by atoms with Crippen molar-refractivity contribution in [2.75, 3.05) is 13.2 Å². The summed E-state index contributed by atoms with van der Waals surface area (Å²) in [5, 5.41) is 23.4. The molecule has 0 aromatic heterocycles. The van der Waals surface area contributed by atoms with Gasteiger partial charge in [0, 0.05) is 12.8 Å². The third-order valence-electron chi connectivity index (χ3n) is 16.7. The molecule has 78 heavy (non-hydrogen) atoms. The number of hydrogen-bond acceptors (Lipinski definition) is 5. The highest BCUT2D eigenvalue weighted by Crippen LogP contribution is 2.19. The lowest BCUT2D eigenvalue weighted by molar-refractivity contribution is -0.143. The first-order valence-electron chi connectivity index (χ1n) is 35.6. The summed E-state index contributed by atoms with van der Waals surface area (Å²) in [7, 11) is 0. The Labute approximate surface area is 488 Å². The summed E-state index contributed by atoms with van der Waals surface area (Å²) in [4.78, 5) is 24.7. The zero-order chi connectivity index (χ0) is 56.4. The average Bonchev–Trinajstić information content (AvgIpc) is 3.44. The number of esters is 1. The number of unbranched alkanes of at least 4 members (excludes halogenated alkanes) is 52. The van der Waals surface area contributed by atoms with Crippen LogP contribution in [0.3, 0.4) is 0 Å². The number of carbonyl (C=O) groups is 2. The Hall–Kier alpha value is -1.66. The topological polar surface area (TPSA) is 95.9 Å². The molecule has 0 bridgehead atoms. The van der Waals surface area contributed by atoms with E-state index < -0.39 is 12.1 Å². The molecule has 1 amide bonds. The van der Waals surface area contributed by atoms with E-state index in [1.54, 1.807) is 0 Å². The number of hydrogen-bond donors (Lipinski definition) is 3. The molecule has 0 aliphatic heterocycles. The number of aliphatic hydroxyl groups is 2. The average molecular weight is 1100 g/mol. The third-order valence-corrected chi connectivity index (χ3v) is 16.7. The molecule has 0 rings (SSSR count). The predicted molar refractivity (Wildman–Crippen MR) is 343 cm³/mol. The number of amides is 1. The molecule has 462 valence electrons. The van der Waals surface area contributed by atoms with Crippen LogP contribution in [0.5, 0.6) is 0 Å². The number of aliphatic hydroxyl groups excluding tert-OH is 2. The van der Waals surface area contributed by atoms with Crippen molar-refractivity contribution in [2.45, 2.75) is 411 Å². The van der Waals surface area contributed by atoms with Crippen molar-refractivity contribution in [3.8, 4) is 0 Å². The van der Waals surface area contributed by atoms with Crippen molar-refractivity contribution in [1.29, 1.82) is 0 Å². The number of rotatable bonds is 67. The van der Waals surface area contributed by atoms with Crippen molar-refractivity contribution in [3.63, 3.8) is 0 Å². The standard InChI is InChI=1S/C72H139NO5/c1-3-5-7-9-11-13-15-17-19-21-23-24-26-29-32-36-40-44-48-52-56-60-64-70(75)69(68-74)73-71(76)65-61-57-53-49-45-41-37-33-30-27-25-28-31-35-39-43-47-51-55-59-63-67-78-72(77)66-62-58-54-50-46-42-38-34-22-20-18-16-14-12-10-8-6-4-2/h20,22,27,30,69-70,74-75H,3-19,21,23-26,28-29,31-68H2,1-2H3,(H,73,76)/b22-20-,30-27-. The maximum atomic E-state index is 12.5. The molecule has 2 unspecified atom stereocenters. The van der Waals surface area contributed by atoms with Gasteiger partial charge in [-0.2, -0.15) is 0 Å². The molecular weight excluding hydrogens is 959 g/mol. The van der Waals surface area contributed by atoms with Crippen LogP contribution in [0.4, 0.5) is 0 Å². The monoisotopic (exact) mass is 1100 g/mol. The van der Waals surface area contributed by atoms with E-state index in [1.165, 1.54) is 321 Å². The molecule has 0 saturated heterocycles. The van der Waals surface area contributed by atoms with Gasteiger partial charge in [-0.1, -0.05) is 334 Å². The van der Waals surface area contributed by atoms with E-state index in [4.69, 9.17) is 4.74 Å². The predicted octanol–water partition coefficient (Wildman–Crippen LogP) is 22.9. The van der Waals surface area contributed by atoms with Crippen LogP contribution in [0.25, 0.3) is 0 Å². The summed E-state index contributed by atoms with van der Waals surface area (Å²) in [5.74, 6) is -0.0320. The Morgan fingerprint density at radius 3 is 0.910 bits per heavy atom. The van der Waals surface area contributed by atoms with Gasteiger partial charge in [-0.05, 0) is 77.0 Å². The second kappa shape index (κ2) is 67.8. The Bertz CT molecular complexity index is 1220.